The van der Waals surface area contributed by atoms with Gasteiger partial charge in [0.15, 0.2) is 0 Å². The van der Waals surface area contributed by atoms with Crippen LogP contribution in [-0.2, 0) is 0 Å². The fraction of sp³-hybridized carbons (Fsp3) is 0.0870. The lowest BCUT2D eigenvalue weighted by atomic mass is 10.0. The Labute approximate surface area is 177 Å². The van der Waals surface area contributed by atoms with E-state index in [0.29, 0.717) is 28.8 Å². The number of rotatable bonds is 6. The molecule has 4 rings (SSSR count). The van der Waals surface area contributed by atoms with E-state index in [4.69, 9.17) is 9.72 Å². The maximum Gasteiger partial charge on any atom is 0.287 e. The predicted octanol–water partition coefficient (Wildman–Crippen LogP) is 4.86. The van der Waals surface area contributed by atoms with Crippen LogP contribution in [0.3, 0.4) is 0 Å². The average Bonchev–Trinajstić information content (AvgIpc) is 2.79. The standard InChI is InChI=1S/C23H18N4O4/c1-2-31-17-10-7-15(8-11-17)21-13-19(18-5-3-4-6-20(18)25-21)23(28)26-22-12-9-16(14-24-22)27(29)30/h3-14H,2H2,1H3,(H,24,26,28). The summed E-state index contributed by atoms with van der Waals surface area (Å²) in [6, 6.07) is 19.3. The number of benzene rings is 2. The molecule has 0 aliphatic heterocycles. The van der Waals surface area contributed by atoms with Crippen LogP contribution < -0.4 is 10.1 Å². The van der Waals surface area contributed by atoms with Crippen LogP contribution in [-0.4, -0.2) is 27.4 Å². The normalized spacial score (nSPS) is 10.6. The number of aromatic nitrogens is 2. The molecule has 0 saturated heterocycles. The van der Waals surface area contributed by atoms with Gasteiger partial charge in [-0.3, -0.25) is 14.9 Å². The zero-order valence-electron chi connectivity index (χ0n) is 16.6. The van der Waals surface area contributed by atoms with E-state index >= 15 is 0 Å². The number of nitrogens with one attached hydrogen (secondary N) is 1. The fourth-order valence-corrected chi connectivity index (χ4v) is 3.15. The second-order valence-corrected chi connectivity index (χ2v) is 6.64. The maximum atomic E-state index is 13.0. The van der Waals surface area contributed by atoms with Crippen molar-refractivity contribution in [3.63, 3.8) is 0 Å². The van der Waals surface area contributed by atoms with Gasteiger partial charge in [-0.05, 0) is 49.4 Å². The minimum absolute atomic E-state index is 0.148. The number of nitrogens with zero attached hydrogens (tertiary/aromatic N) is 3. The van der Waals surface area contributed by atoms with Gasteiger partial charge >= 0.3 is 0 Å². The SMILES string of the molecule is CCOc1ccc(-c2cc(C(=O)Nc3ccc([N+](=O)[O-])cn3)c3ccccc3n2)cc1. The number of nitro groups is 1. The highest BCUT2D eigenvalue weighted by molar-refractivity contribution is 6.12. The summed E-state index contributed by atoms with van der Waals surface area (Å²) in [7, 11) is 0. The third kappa shape index (κ3) is 4.32. The van der Waals surface area contributed by atoms with Crippen LogP contribution in [0.5, 0.6) is 5.75 Å². The molecule has 1 N–H and O–H groups in total. The summed E-state index contributed by atoms with van der Waals surface area (Å²) < 4.78 is 5.48. The monoisotopic (exact) mass is 414 g/mol. The average molecular weight is 414 g/mol. The van der Waals surface area contributed by atoms with Gasteiger partial charge in [-0.15, -0.1) is 0 Å². The number of carbonyl (C=O) groups is 1. The summed E-state index contributed by atoms with van der Waals surface area (Å²) in [4.78, 5) is 31.9. The van der Waals surface area contributed by atoms with Crippen molar-refractivity contribution < 1.29 is 14.5 Å². The van der Waals surface area contributed by atoms with Crippen LogP contribution in [0.25, 0.3) is 22.2 Å². The third-order valence-corrected chi connectivity index (χ3v) is 4.62. The number of amides is 1. The lowest BCUT2D eigenvalue weighted by Gasteiger charge is -2.11. The molecule has 0 aliphatic rings. The molecule has 2 aromatic carbocycles. The number of hydrogen-bond donors (Lipinski definition) is 1. The largest absolute Gasteiger partial charge is 0.494 e. The van der Waals surface area contributed by atoms with Gasteiger partial charge in [-0.25, -0.2) is 9.97 Å². The summed E-state index contributed by atoms with van der Waals surface area (Å²) in [6.45, 7) is 2.50. The summed E-state index contributed by atoms with van der Waals surface area (Å²) in [5.74, 6) is 0.598. The molecule has 0 aliphatic carbocycles. The van der Waals surface area contributed by atoms with Crippen LogP contribution in [0.4, 0.5) is 11.5 Å². The Hall–Kier alpha value is -4.33. The molecule has 0 spiro atoms. The number of fused-ring (bicyclic) bond motifs is 1. The van der Waals surface area contributed by atoms with Gasteiger partial charge in [-0.1, -0.05) is 18.2 Å². The molecule has 0 saturated carbocycles. The maximum absolute atomic E-state index is 13.0. The van der Waals surface area contributed by atoms with Gasteiger partial charge in [-0.2, -0.15) is 0 Å². The van der Waals surface area contributed by atoms with E-state index in [0.717, 1.165) is 17.5 Å². The highest BCUT2D eigenvalue weighted by atomic mass is 16.6. The fourth-order valence-electron chi connectivity index (χ4n) is 3.15. The first-order valence-electron chi connectivity index (χ1n) is 9.60. The van der Waals surface area contributed by atoms with E-state index in [2.05, 4.69) is 10.3 Å². The molecular formula is C23H18N4O4. The van der Waals surface area contributed by atoms with Crippen LogP contribution >= 0.6 is 0 Å². The van der Waals surface area contributed by atoms with Gasteiger partial charge in [0, 0.05) is 17.0 Å². The van der Waals surface area contributed by atoms with E-state index in [1.54, 1.807) is 6.07 Å². The Balaban J connectivity index is 1.70. The molecule has 0 atom stereocenters. The minimum atomic E-state index is -0.544. The molecule has 0 fully saturated rings. The van der Waals surface area contributed by atoms with E-state index in [1.807, 2.05) is 55.5 Å². The minimum Gasteiger partial charge on any atom is -0.494 e. The van der Waals surface area contributed by atoms with Crippen LogP contribution in [0, 0.1) is 10.1 Å². The first-order chi connectivity index (χ1) is 15.0. The zero-order chi connectivity index (χ0) is 21.8. The number of pyridine rings is 2. The molecule has 4 aromatic rings. The summed E-state index contributed by atoms with van der Waals surface area (Å²) in [5.41, 5.74) is 2.44. The summed E-state index contributed by atoms with van der Waals surface area (Å²) in [5, 5.41) is 14.2. The Kier molecular flexibility index (Phi) is 5.53. The highest BCUT2D eigenvalue weighted by Gasteiger charge is 2.15. The summed E-state index contributed by atoms with van der Waals surface area (Å²) in [6.07, 6.45) is 1.10. The molecule has 31 heavy (non-hydrogen) atoms. The lowest BCUT2D eigenvalue weighted by molar-refractivity contribution is -0.385. The Bertz CT molecular complexity index is 1260. The van der Waals surface area contributed by atoms with Crippen molar-refractivity contribution in [2.24, 2.45) is 0 Å². The second kappa shape index (κ2) is 8.58. The Morgan fingerprint density at radius 1 is 1.10 bits per heavy atom. The quantitative estimate of drug-likeness (QED) is 0.357. The molecule has 154 valence electrons. The first-order valence-corrected chi connectivity index (χ1v) is 9.60. The van der Waals surface area contributed by atoms with Crippen molar-refractivity contribution in [1.29, 1.82) is 0 Å². The molecule has 8 heteroatoms. The topological polar surface area (TPSA) is 107 Å². The zero-order valence-corrected chi connectivity index (χ0v) is 16.6. The van der Waals surface area contributed by atoms with E-state index < -0.39 is 4.92 Å². The summed E-state index contributed by atoms with van der Waals surface area (Å²) >= 11 is 0. The van der Waals surface area contributed by atoms with Gasteiger partial charge < -0.3 is 10.1 Å². The molecule has 0 unspecified atom stereocenters. The van der Waals surface area contributed by atoms with Crippen molar-refractivity contribution >= 4 is 28.3 Å². The van der Waals surface area contributed by atoms with E-state index in [9.17, 15) is 14.9 Å². The number of anilines is 1. The highest BCUT2D eigenvalue weighted by Crippen LogP contribution is 2.27. The van der Waals surface area contributed by atoms with Crippen molar-refractivity contribution in [3.8, 4) is 17.0 Å². The molecule has 8 nitrogen and oxygen atoms in total. The molecule has 1 amide bonds. The van der Waals surface area contributed by atoms with Crippen LogP contribution in [0.2, 0.25) is 0 Å². The second-order valence-electron chi connectivity index (χ2n) is 6.64. The Morgan fingerprint density at radius 2 is 1.87 bits per heavy atom. The van der Waals surface area contributed by atoms with Gasteiger partial charge in [0.2, 0.25) is 0 Å². The number of para-hydroxylation sites is 1. The number of ether oxygens (including phenoxy) is 1. The van der Waals surface area contributed by atoms with Gasteiger partial charge in [0.05, 0.1) is 28.3 Å². The predicted molar refractivity (Wildman–Crippen MR) is 117 cm³/mol. The molecule has 2 aromatic heterocycles. The number of carbonyl (C=O) groups excluding carboxylic acids is 1. The van der Waals surface area contributed by atoms with Crippen LogP contribution in [0.1, 0.15) is 17.3 Å². The van der Waals surface area contributed by atoms with Crippen LogP contribution in [0.15, 0.2) is 72.9 Å². The molecule has 0 bridgehead atoms. The lowest BCUT2D eigenvalue weighted by Crippen LogP contribution is -2.14. The van der Waals surface area contributed by atoms with Crippen molar-refractivity contribution in [1.82, 2.24) is 9.97 Å². The molecule has 0 radical (unpaired) electrons. The van der Waals surface area contributed by atoms with E-state index in [-0.39, 0.29) is 17.4 Å². The third-order valence-electron chi connectivity index (χ3n) is 4.62. The van der Waals surface area contributed by atoms with Gasteiger partial charge in [0.1, 0.15) is 17.8 Å². The smallest absolute Gasteiger partial charge is 0.287 e. The van der Waals surface area contributed by atoms with Crippen molar-refractivity contribution in [2.45, 2.75) is 6.92 Å². The van der Waals surface area contributed by atoms with E-state index in [1.165, 1.54) is 12.1 Å². The molecule has 2 heterocycles. The molecular weight excluding hydrogens is 396 g/mol. The first kappa shape index (κ1) is 20.0. The number of hydrogen-bond acceptors (Lipinski definition) is 6. The van der Waals surface area contributed by atoms with Gasteiger partial charge in [0.25, 0.3) is 11.6 Å². The van der Waals surface area contributed by atoms with Crippen molar-refractivity contribution in [3.05, 3.63) is 88.6 Å². The Morgan fingerprint density at radius 3 is 2.55 bits per heavy atom. The van der Waals surface area contributed by atoms with Crippen molar-refractivity contribution in [2.75, 3.05) is 11.9 Å².